The first-order chi connectivity index (χ1) is 7.34. The zero-order valence-electron chi connectivity index (χ0n) is 9.03. The molecule has 1 unspecified atom stereocenters. The molecule has 1 saturated carbocycles. The third kappa shape index (κ3) is 1.65. The Morgan fingerprint density at radius 3 is 2.80 bits per heavy atom. The van der Waals surface area contributed by atoms with Gasteiger partial charge in [-0.15, -0.1) is 0 Å². The molecule has 1 N–H and O–H groups in total. The summed E-state index contributed by atoms with van der Waals surface area (Å²) in [5, 5.41) is 4.46. The molecule has 0 bridgehead atoms. The summed E-state index contributed by atoms with van der Waals surface area (Å²) in [5.74, 6) is 0.798. The lowest BCUT2D eigenvalue weighted by Gasteiger charge is -2.12. The molecular weight excluding hydrogens is 184 g/mol. The largest absolute Gasteiger partial charge is 0.302 e. The Kier molecular flexibility index (Phi) is 2.01. The normalized spacial score (nSPS) is 24.9. The molecule has 1 aliphatic heterocycles. The zero-order chi connectivity index (χ0) is 10.3. The second-order valence-electron chi connectivity index (χ2n) is 4.62. The van der Waals surface area contributed by atoms with Crippen LogP contribution >= 0.6 is 0 Å². The SMILES string of the molecule is Cc1ccccc1C1CC(C2CC2)=NN1. The fraction of sp³-hybridized carbons (Fsp3) is 0.462. The van der Waals surface area contributed by atoms with Gasteiger partial charge in [0.05, 0.1) is 6.04 Å². The molecule has 0 spiro atoms. The molecule has 3 rings (SSSR count). The predicted octanol–water partition coefficient (Wildman–Crippen LogP) is 2.80. The quantitative estimate of drug-likeness (QED) is 0.780. The van der Waals surface area contributed by atoms with E-state index in [1.165, 1.54) is 29.7 Å². The van der Waals surface area contributed by atoms with E-state index in [0.29, 0.717) is 6.04 Å². The van der Waals surface area contributed by atoms with Gasteiger partial charge in [0.1, 0.15) is 0 Å². The molecule has 2 aliphatic rings. The molecule has 1 heterocycles. The third-order valence-electron chi connectivity index (χ3n) is 3.39. The van der Waals surface area contributed by atoms with Gasteiger partial charge in [-0.05, 0) is 36.8 Å². The van der Waals surface area contributed by atoms with E-state index in [9.17, 15) is 0 Å². The van der Waals surface area contributed by atoms with Crippen LogP contribution in [0.25, 0.3) is 0 Å². The van der Waals surface area contributed by atoms with E-state index in [1.54, 1.807) is 0 Å². The maximum Gasteiger partial charge on any atom is 0.0744 e. The highest BCUT2D eigenvalue weighted by Crippen LogP contribution is 2.36. The van der Waals surface area contributed by atoms with Gasteiger partial charge in [0.15, 0.2) is 0 Å². The van der Waals surface area contributed by atoms with Crippen molar-refractivity contribution in [3.8, 4) is 0 Å². The van der Waals surface area contributed by atoms with Crippen molar-refractivity contribution in [1.82, 2.24) is 5.43 Å². The highest BCUT2D eigenvalue weighted by molar-refractivity contribution is 5.90. The van der Waals surface area contributed by atoms with Crippen LogP contribution in [-0.4, -0.2) is 5.71 Å². The van der Waals surface area contributed by atoms with Crippen LogP contribution in [0, 0.1) is 12.8 Å². The minimum absolute atomic E-state index is 0.418. The first kappa shape index (κ1) is 8.96. The van der Waals surface area contributed by atoms with Gasteiger partial charge in [0.2, 0.25) is 0 Å². The van der Waals surface area contributed by atoms with Crippen LogP contribution < -0.4 is 5.43 Å². The molecule has 0 amide bonds. The number of aryl methyl sites for hydroxylation is 1. The number of rotatable bonds is 2. The summed E-state index contributed by atoms with van der Waals surface area (Å²) in [7, 11) is 0. The number of nitrogens with zero attached hydrogens (tertiary/aromatic N) is 1. The topological polar surface area (TPSA) is 24.4 Å². The molecule has 0 saturated heterocycles. The summed E-state index contributed by atoms with van der Waals surface area (Å²) in [4.78, 5) is 0. The molecule has 78 valence electrons. The van der Waals surface area contributed by atoms with E-state index >= 15 is 0 Å². The van der Waals surface area contributed by atoms with Crippen LogP contribution in [-0.2, 0) is 0 Å². The lowest BCUT2D eigenvalue weighted by Crippen LogP contribution is -2.11. The summed E-state index contributed by atoms with van der Waals surface area (Å²) in [6.45, 7) is 2.17. The zero-order valence-corrected chi connectivity index (χ0v) is 9.03. The van der Waals surface area contributed by atoms with Crippen molar-refractivity contribution in [2.45, 2.75) is 32.2 Å². The number of nitrogens with one attached hydrogen (secondary N) is 1. The maximum atomic E-state index is 4.46. The second-order valence-corrected chi connectivity index (χ2v) is 4.62. The molecule has 2 nitrogen and oxygen atoms in total. The Labute approximate surface area is 90.4 Å². The van der Waals surface area contributed by atoms with Gasteiger partial charge in [-0.2, -0.15) is 5.10 Å². The first-order valence-electron chi connectivity index (χ1n) is 5.72. The van der Waals surface area contributed by atoms with Crippen molar-refractivity contribution in [2.24, 2.45) is 11.0 Å². The number of benzene rings is 1. The molecule has 1 fully saturated rings. The summed E-state index contributed by atoms with van der Waals surface area (Å²) in [5.41, 5.74) is 7.43. The second kappa shape index (κ2) is 3.37. The van der Waals surface area contributed by atoms with Gasteiger partial charge in [-0.1, -0.05) is 24.3 Å². The summed E-state index contributed by atoms with van der Waals surface area (Å²) in [6, 6.07) is 9.00. The van der Waals surface area contributed by atoms with Gasteiger partial charge in [-0.3, -0.25) is 0 Å². The Morgan fingerprint density at radius 1 is 1.27 bits per heavy atom. The summed E-state index contributed by atoms with van der Waals surface area (Å²) >= 11 is 0. The highest BCUT2D eigenvalue weighted by Gasteiger charge is 2.33. The van der Waals surface area contributed by atoms with Gasteiger partial charge in [0, 0.05) is 12.1 Å². The van der Waals surface area contributed by atoms with E-state index in [-0.39, 0.29) is 0 Å². The van der Waals surface area contributed by atoms with Crippen LogP contribution in [0.2, 0.25) is 0 Å². The molecule has 1 atom stereocenters. The lowest BCUT2D eigenvalue weighted by molar-refractivity contribution is 0.616. The van der Waals surface area contributed by atoms with E-state index in [2.05, 4.69) is 41.7 Å². The van der Waals surface area contributed by atoms with Crippen molar-refractivity contribution in [3.05, 3.63) is 35.4 Å². The van der Waals surface area contributed by atoms with Crippen LogP contribution in [0.15, 0.2) is 29.4 Å². The van der Waals surface area contributed by atoms with Crippen molar-refractivity contribution in [2.75, 3.05) is 0 Å². The maximum absolute atomic E-state index is 4.46. The molecule has 0 radical (unpaired) electrons. The third-order valence-corrected chi connectivity index (χ3v) is 3.39. The summed E-state index contributed by atoms with van der Waals surface area (Å²) < 4.78 is 0. The number of hydrazone groups is 1. The smallest absolute Gasteiger partial charge is 0.0744 e. The number of hydrogen-bond donors (Lipinski definition) is 1. The average molecular weight is 200 g/mol. The molecule has 15 heavy (non-hydrogen) atoms. The predicted molar refractivity (Wildman–Crippen MR) is 61.8 cm³/mol. The van der Waals surface area contributed by atoms with Crippen molar-refractivity contribution in [3.63, 3.8) is 0 Å². The molecular formula is C13H16N2. The van der Waals surface area contributed by atoms with Crippen LogP contribution in [0.4, 0.5) is 0 Å². The molecule has 1 aliphatic carbocycles. The van der Waals surface area contributed by atoms with E-state index in [0.717, 1.165) is 12.3 Å². The van der Waals surface area contributed by atoms with Crippen molar-refractivity contribution in [1.29, 1.82) is 0 Å². The van der Waals surface area contributed by atoms with E-state index in [1.807, 2.05) is 0 Å². The minimum Gasteiger partial charge on any atom is -0.302 e. The minimum atomic E-state index is 0.418. The Hall–Kier alpha value is -1.31. The monoisotopic (exact) mass is 200 g/mol. The Balaban J connectivity index is 1.78. The average Bonchev–Trinajstić information content (AvgIpc) is 2.99. The van der Waals surface area contributed by atoms with Crippen LogP contribution in [0.3, 0.4) is 0 Å². The first-order valence-corrected chi connectivity index (χ1v) is 5.72. The van der Waals surface area contributed by atoms with Gasteiger partial charge < -0.3 is 5.43 Å². The van der Waals surface area contributed by atoms with Crippen molar-refractivity contribution < 1.29 is 0 Å². The fourth-order valence-electron chi connectivity index (χ4n) is 2.29. The highest BCUT2D eigenvalue weighted by atomic mass is 15.3. The summed E-state index contributed by atoms with van der Waals surface area (Å²) in [6.07, 6.45) is 3.80. The van der Waals surface area contributed by atoms with E-state index < -0.39 is 0 Å². The Bertz CT molecular complexity index is 405. The molecule has 1 aromatic rings. The standard InChI is InChI=1S/C13H16N2/c1-9-4-2-3-5-11(9)13-8-12(14-15-13)10-6-7-10/h2-5,10,13,15H,6-8H2,1H3. The fourth-order valence-corrected chi connectivity index (χ4v) is 2.29. The lowest BCUT2D eigenvalue weighted by atomic mass is 9.97. The molecule has 2 heteroatoms. The van der Waals surface area contributed by atoms with Gasteiger partial charge in [0.25, 0.3) is 0 Å². The van der Waals surface area contributed by atoms with E-state index in [4.69, 9.17) is 0 Å². The Morgan fingerprint density at radius 2 is 2.07 bits per heavy atom. The van der Waals surface area contributed by atoms with Crippen LogP contribution in [0.5, 0.6) is 0 Å². The molecule has 1 aromatic carbocycles. The number of hydrogen-bond acceptors (Lipinski definition) is 2. The van der Waals surface area contributed by atoms with Crippen molar-refractivity contribution >= 4 is 5.71 Å². The van der Waals surface area contributed by atoms with Gasteiger partial charge in [-0.25, -0.2) is 0 Å². The van der Waals surface area contributed by atoms with Crippen LogP contribution in [0.1, 0.15) is 36.4 Å². The van der Waals surface area contributed by atoms with Gasteiger partial charge >= 0.3 is 0 Å². The molecule has 0 aromatic heterocycles.